The van der Waals surface area contributed by atoms with Crippen LogP contribution >= 0.6 is 0 Å². The molecule has 1 aliphatic heterocycles. The van der Waals surface area contributed by atoms with Crippen LogP contribution in [-0.4, -0.2) is 27.8 Å². The number of hydrogen-bond acceptors (Lipinski definition) is 4. The van der Waals surface area contributed by atoms with Crippen molar-refractivity contribution < 1.29 is 4.92 Å². The minimum absolute atomic E-state index is 0.123. The van der Waals surface area contributed by atoms with Gasteiger partial charge in [-0.3, -0.25) is 19.9 Å². The van der Waals surface area contributed by atoms with Gasteiger partial charge in [0.15, 0.2) is 0 Å². The first-order chi connectivity index (χ1) is 13.7. The summed E-state index contributed by atoms with van der Waals surface area (Å²) in [5.41, 5.74) is 3.38. The second-order valence-corrected chi connectivity index (χ2v) is 7.10. The molecule has 1 heterocycles. The maximum Gasteiger partial charge on any atom is 0.275 e. The number of nitro groups is 1. The van der Waals surface area contributed by atoms with Crippen LogP contribution in [0.5, 0.6) is 0 Å². The fourth-order valence-corrected chi connectivity index (χ4v) is 3.96. The van der Waals surface area contributed by atoms with E-state index in [-0.39, 0.29) is 16.8 Å². The van der Waals surface area contributed by atoms with E-state index in [4.69, 9.17) is 0 Å². The van der Waals surface area contributed by atoms with E-state index in [2.05, 4.69) is 34.1 Å². The topological polar surface area (TPSA) is 49.6 Å². The molecule has 0 aromatic heterocycles. The minimum atomic E-state index is -0.269. The van der Waals surface area contributed by atoms with Crippen molar-refractivity contribution in [1.82, 2.24) is 9.80 Å². The molecule has 1 saturated heterocycles. The molecule has 0 aliphatic carbocycles. The van der Waals surface area contributed by atoms with Crippen LogP contribution in [0.2, 0.25) is 0 Å². The Morgan fingerprint density at radius 1 is 0.750 bits per heavy atom. The standard InChI is InChI=1S/C23H23N3O2/c27-26(28)22-14-8-7-13-21(22)23-24(17-19-9-3-1-4-10-19)15-16-25(23)18-20-11-5-2-6-12-20/h1-14,23H,15-18H2. The molecule has 0 spiro atoms. The van der Waals surface area contributed by atoms with Crippen LogP contribution in [0, 0.1) is 10.1 Å². The lowest BCUT2D eigenvalue weighted by Crippen LogP contribution is -2.31. The van der Waals surface area contributed by atoms with Crippen molar-refractivity contribution in [3.8, 4) is 0 Å². The molecule has 3 aromatic rings. The lowest BCUT2D eigenvalue weighted by atomic mass is 10.1. The monoisotopic (exact) mass is 373 g/mol. The van der Waals surface area contributed by atoms with Crippen molar-refractivity contribution in [2.75, 3.05) is 13.1 Å². The summed E-state index contributed by atoms with van der Waals surface area (Å²) in [6.45, 7) is 3.28. The summed E-state index contributed by atoms with van der Waals surface area (Å²) in [5.74, 6) is 0. The normalized spacial score (nSPS) is 15.7. The molecule has 3 aromatic carbocycles. The van der Waals surface area contributed by atoms with Crippen LogP contribution in [0.25, 0.3) is 0 Å². The molecule has 4 rings (SSSR count). The van der Waals surface area contributed by atoms with Crippen LogP contribution in [0.3, 0.4) is 0 Å². The second kappa shape index (κ2) is 8.33. The zero-order valence-electron chi connectivity index (χ0n) is 15.6. The van der Waals surface area contributed by atoms with Gasteiger partial charge >= 0.3 is 0 Å². The summed E-state index contributed by atoms with van der Waals surface area (Å²) in [6, 6.07) is 27.7. The quantitative estimate of drug-likeness (QED) is 0.468. The largest absolute Gasteiger partial charge is 0.278 e. The highest BCUT2D eigenvalue weighted by Gasteiger charge is 2.36. The molecular weight excluding hydrogens is 350 g/mol. The van der Waals surface area contributed by atoms with Gasteiger partial charge in [0.2, 0.25) is 0 Å². The highest BCUT2D eigenvalue weighted by molar-refractivity contribution is 5.42. The fraction of sp³-hybridized carbons (Fsp3) is 0.217. The molecule has 0 atom stereocenters. The van der Waals surface area contributed by atoms with Crippen LogP contribution in [0.15, 0.2) is 84.9 Å². The van der Waals surface area contributed by atoms with Gasteiger partial charge in [-0.2, -0.15) is 0 Å². The third kappa shape index (κ3) is 3.96. The van der Waals surface area contributed by atoms with Gasteiger partial charge in [0.25, 0.3) is 5.69 Å². The van der Waals surface area contributed by atoms with E-state index >= 15 is 0 Å². The van der Waals surface area contributed by atoms with E-state index in [9.17, 15) is 10.1 Å². The average molecular weight is 373 g/mol. The van der Waals surface area contributed by atoms with E-state index in [0.717, 1.165) is 31.7 Å². The lowest BCUT2D eigenvalue weighted by Gasteiger charge is -2.30. The summed E-state index contributed by atoms with van der Waals surface area (Å²) >= 11 is 0. The Morgan fingerprint density at radius 3 is 1.71 bits per heavy atom. The Labute approximate surface area is 165 Å². The number of benzene rings is 3. The predicted octanol–water partition coefficient (Wildman–Crippen LogP) is 4.61. The number of nitro benzene ring substituents is 1. The molecule has 142 valence electrons. The number of rotatable bonds is 6. The van der Waals surface area contributed by atoms with Crippen molar-refractivity contribution in [2.45, 2.75) is 19.3 Å². The van der Waals surface area contributed by atoms with Crippen LogP contribution in [-0.2, 0) is 13.1 Å². The van der Waals surface area contributed by atoms with E-state index in [1.54, 1.807) is 12.1 Å². The third-order valence-electron chi connectivity index (χ3n) is 5.23. The average Bonchev–Trinajstić information content (AvgIpc) is 3.11. The van der Waals surface area contributed by atoms with E-state index in [1.807, 2.05) is 48.5 Å². The van der Waals surface area contributed by atoms with Crippen LogP contribution < -0.4 is 0 Å². The van der Waals surface area contributed by atoms with Gasteiger partial charge in [-0.15, -0.1) is 0 Å². The predicted molar refractivity (Wildman–Crippen MR) is 110 cm³/mol. The minimum Gasteiger partial charge on any atom is -0.278 e. The Bertz CT molecular complexity index is 881. The Hall–Kier alpha value is -3.02. The Kier molecular flexibility index (Phi) is 5.46. The number of nitrogens with zero attached hydrogens (tertiary/aromatic N) is 3. The lowest BCUT2D eigenvalue weighted by molar-refractivity contribution is -0.386. The molecule has 0 saturated carbocycles. The van der Waals surface area contributed by atoms with Gasteiger partial charge in [-0.25, -0.2) is 0 Å². The van der Waals surface area contributed by atoms with Gasteiger partial charge in [-0.1, -0.05) is 72.8 Å². The first-order valence-electron chi connectivity index (χ1n) is 9.51. The summed E-state index contributed by atoms with van der Waals surface area (Å²) in [7, 11) is 0. The zero-order chi connectivity index (χ0) is 19.3. The molecule has 0 radical (unpaired) electrons. The molecule has 5 heteroatoms. The van der Waals surface area contributed by atoms with Gasteiger partial charge in [0.1, 0.15) is 0 Å². The van der Waals surface area contributed by atoms with E-state index in [1.165, 1.54) is 11.1 Å². The molecule has 1 fully saturated rings. The van der Waals surface area contributed by atoms with Gasteiger partial charge in [-0.05, 0) is 17.2 Å². The highest BCUT2D eigenvalue weighted by atomic mass is 16.6. The maximum atomic E-state index is 11.7. The number of hydrogen-bond donors (Lipinski definition) is 0. The Balaban J connectivity index is 1.68. The maximum absolute atomic E-state index is 11.7. The summed E-state index contributed by atoms with van der Waals surface area (Å²) in [6.07, 6.45) is -0.123. The summed E-state index contributed by atoms with van der Waals surface area (Å²) in [5, 5.41) is 11.7. The second-order valence-electron chi connectivity index (χ2n) is 7.10. The fourth-order valence-electron chi connectivity index (χ4n) is 3.96. The van der Waals surface area contributed by atoms with Crippen molar-refractivity contribution in [1.29, 1.82) is 0 Å². The molecule has 0 bridgehead atoms. The SMILES string of the molecule is O=[N+]([O-])c1ccccc1C1N(Cc2ccccc2)CCN1Cc1ccccc1. The molecule has 0 amide bonds. The van der Waals surface area contributed by atoms with Gasteiger partial charge in [0.05, 0.1) is 16.7 Å². The van der Waals surface area contributed by atoms with Gasteiger partial charge in [0, 0.05) is 32.2 Å². The third-order valence-corrected chi connectivity index (χ3v) is 5.23. The summed E-state index contributed by atoms with van der Waals surface area (Å²) in [4.78, 5) is 16.1. The molecular formula is C23H23N3O2. The molecule has 28 heavy (non-hydrogen) atoms. The van der Waals surface area contributed by atoms with Crippen LogP contribution in [0.1, 0.15) is 22.9 Å². The van der Waals surface area contributed by atoms with E-state index < -0.39 is 0 Å². The molecule has 1 aliphatic rings. The zero-order valence-corrected chi connectivity index (χ0v) is 15.6. The Morgan fingerprint density at radius 2 is 1.21 bits per heavy atom. The van der Waals surface area contributed by atoms with Crippen molar-refractivity contribution >= 4 is 5.69 Å². The highest BCUT2D eigenvalue weighted by Crippen LogP contribution is 2.37. The number of para-hydroxylation sites is 1. The van der Waals surface area contributed by atoms with E-state index in [0.29, 0.717) is 0 Å². The van der Waals surface area contributed by atoms with Crippen LogP contribution in [0.4, 0.5) is 5.69 Å². The molecule has 0 unspecified atom stereocenters. The summed E-state index contributed by atoms with van der Waals surface area (Å²) < 4.78 is 0. The first-order valence-corrected chi connectivity index (χ1v) is 9.51. The van der Waals surface area contributed by atoms with Gasteiger partial charge < -0.3 is 0 Å². The van der Waals surface area contributed by atoms with Crippen molar-refractivity contribution in [3.63, 3.8) is 0 Å². The molecule has 5 nitrogen and oxygen atoms in total. The van der Waals surface area contributed by atoms with Crippen molar-refractivity contribution in [2.24, 2.45) is 0 Å². The van der Waals surface area contributed by atoms with Crippen molar-refractivity contribution in [3.05, 3.63) is 112 Å². The first kappa shape index (κ1) is 18.3. The smallest absolute Gasteiger partial charge is 0.275 e. The molecule has 0 N–H and O–H groups in total.